The topological polar surface area (TPSA) is 209 Å². The molecule has 41 heavy (non-hydrogen) atoms. The number of anilines is 1. The lowest BCUT2D eigenvalue weighted by atomic mass is 10.0. The largest absolute Gasteiger partial charge is 0.481 e. The fraction of sp³-hybridized carbons (Fsp3) is 0.154. The highest BCUT2D eigenvalue weighted by Gasteiger charge is 2.25. The zero-order valence-electron chi connectivity index (χ0n) is 21.5. The molecule has 0 unspecified atom stereocenters. The van der Waals surface area contributed by atoms with Crippen LogP contribution in [-0.2, 0) is 9.59 Å². The van der Waals surface area contributed by atoms with Crippen molar-refractivity contribution in [3.63, 3.8) is 0 Å². The first kappa shape index (κ1) is 30.7. The minimum absolute atomic E-state index is 0.0284. The first-order chi connectivity index (χ1) is 19.5. The third-order valence-electron chi connectivity index (χ3n) is 5.47. The predicted molar refractivity (Wildman–Crippen MR) is 152 cm³/mol. The van der Waals surface area contributed by atoms with Crippen LogP contribution < -0.4 is 31.7 Å². The van der Waals surface area contributed by atoms with Gasteiger partial charge in [0.2, 0.25) is 11.8 Å². The summed E-state index contributed by atoms with van der Waals surface area (Å²) >= 11 is 12.6. The van der Waals surface area contributed by atoms with Gasteiger partial charge < -0.3 is 36.8 Å². The maximum absolute atomic E-state index is 12.9. The van der Waals surface area contributed by atoms with Crippen LogP contribution in [0.1, 0.15) is 20.7 Å². The normalized spacial score (nSPS) is 11.1. The number of benzene rings is 2. The maximum Gasteiger partial charge on any atom is 0.328 e. The van der Waals surface area contributed by atoms with Gasteiger partial charge >= 0.3 is 5.97 Å². The number of carboxylic acid groups (broad SMARTS) is 1. The Hall–Kier alpha value is -4.88. The number of pyridine rings is 1. The number of carboxylic acids is 1. The molecule has 0 aliphatic rings. The zero-order chi connectivity index (χ0) is 30.1. The van der Waals surface area contributed by atoms with Crippen LogP contribution in [0, 0.1) is 5.41 Å². The second-order valence-corrected chi connectivity index (χ2v) is 9.19. The van der Waals surface area contributed by atoms with Crippen molar-refractivity contribution in [2.24, 2.45) is 5.73 Å². The lowest BCUT2D eigenvalue weighted by molar-refractivity contribution is -0.139. The van der Waals surface area contributed by atoms with Gasteiger partial charge in [0.25, 0.3) is 11.8 Å². The van der Waals surface area contributed by atoms with Gasteiger partial charge in [-0.2, -0.15) is 0 Å². The van der Waals surface area contributed by atoms with Crippen molar-refractivity contribution in [2.45, 2.75) is 6.04 Å². The van der Waals surface area contributed by atoms with Crippen LogP contribution in [0.3, 0.4) is 0 Å². The number of aromatic nitrogens is 1. The molecule has 3 rings (SSSR count). The maximum atomic E-state index is 12.9. The number of aliphatic carboxylic acids is 1. The van der Waals surface area contributed by atoms with Gasteiger partial charge in [-0.1, -0.05) is 29.3 Å². The van der Waals surface area contributed by atoms with Crippen LogP contribution in [0.25, 0.3) is 11.1 Å². The SMILES string of the molecule is COc1ccc(-c2cc(Cl)c(C(=O)N[C@@H](CNC(=O)CNC(=O)c3cccc(NC(=N)N)c3)C(=O)O)c(Cl)c2)cn1. The van der Waals surface area contributed by atoms with Gasteiger partial charge in [0.1, 0.15) is 6.04 Å². The summed E-state index contributed by atoms with van der Waals surface area (Å²) < 4.78 is 5.03. The molecule has 1 aromatic heterocycles. The summed E-state index contributed by atoms with van der Waals surface area (Å²) in [6, 6.07) is 10.9. The molecule has 0 saturated heterocycles. The molecule has 8 N–H and O–H groups in total. The summed E-state index contributed by atoms with van der Waals surface area (Å²) in [5.74, 6) is -3.49. The highest BCUT2D eigenvalue weighted by atomic mass is 35.5. The fourth-order valence-electron chi connectivity index (χ4n) is 3.49. The van der Waals surface area contributed by atoms with Crippen molar-refractivity contribution < 1.29 is 29.0 Å². The molecule has 0 saturated carbocycles. The molecule has 3 aromatic rings. The number of amides is 3. The smallest absolute Gasteiger partial charge is 0.328 e. The number of nitrogens with one attached hydrogen (secondary N) is 5. The number of halogens is 2. The van der Waals surface area contributed by atoms with Crippen molar-refractivity contribution in [3.05, 3.63) is 75.9 Å². The van der Waals surface area contributed by atoms with Crippen molar-refractivity contribution in [1.82, 2.24) is 20.9 Å². The van der Waals surface area contributed by atoms with Crippen LogP contribution in [-0.4, -0.2) is 66.0 Å². The third-order valence-corrected chi connectivity index (χ3v) is 6.06. The monoisotopic (exact) mass is 601 g/mol. The minimum atomic E-state index is -1.53. The number of methoxy groups -OCH3 is 1. The first-order valence-corrected chi connectivity index (χ1v) is 12.5. The summed E-state index contributed by atoms with van der Waals surface area (Å²) in [6.45, 7) is -0.957. The van der Waals surface area contributed by atoms with Gasteiger partial charge in [0.15, 0.2) is 5.96 Å². The van der Waals surface area contributed by atoms with Gasteiger partial charge in [-0.15, -0.1) is 0 Å². The molecule has 0 aliphatic carbocycles. The number of carbonyl (C=O) groups is 4. The molecular weight excluding hydrogens is 577 g/mol. The molecule has 0 radical (unpaired) electrons. The number of guanidine groups is 1. The van der Waals surface area contributed by atoms with E-state index >= 15 is 0 Å². The number of nitrogens with zero attached hydrogens (tertiary/aromatic N) is 1. The third kappa shape index (κ3) is 8.55. The molecule has 1 heterocycles. The fourth-order valence-corrected chi connectivity index (χ4v) is 4.15. The highest BCUT2D eigenvalue weighted by Crippen LogP contribution is 2.32. The van der Waals surface area contributed by atoms with Gasteiger partial charge in [0.05, 0.1) is 29.3 Å². The number of hydrogen-bond donors (Lipinski definition) is 7. The Morgan fingerprint density at radius 2 is 1.73 bits per heavy atom. The van der Waals surface area contributed by atoms with E-state index in [9.17, 15) is 24.3 Å². The van der Waals surface area contributed by atoms with Gasteiger partial charge in [-0.25, -0.2) is 9.78 Å². The average Bonchev–Trinajstić information content (AvgIpc) is 2.93. The van der Waals surface area contributed by atoms with Crippen LogP contribution in [0.2, 0.25) is 10.0 Å². The molecule has 0 fully saturated rings. The Morgan fingerprint density at radius 3 is 2.32 bits per heavy atom. The first-order valence-electron chi connectivity index (χ1n) is 11.8. The van der Waals surface area contributed by atoms with Crippen LogP contribution in [0.5, 0.6) is 5.88 Å². The summed E-state index contributed by atoms with van der Waals surface area (Å²) in [7, 11) is 1.48. The Morgan fingerprint density at radius 1 is 1.02 bits per heavy atom. The van der Waals surface area contributed by atoms with Crippen molar-refractivity contribution >= 4 is 58.5 Å². The van der Waals surface area contributed by atoms with E-state index in [0.29, 0.717) is 22.7 Å². The Bertz CT molecular complexity index is 1460. The molecule has 1 atom stereocenters. The molecular formula is C26H25Cl2N7O6. The molecule has 3 amide bonds. The number of ether oxygens (including phenoxy) is 1. The summed E-state index contributed by atoms with van der Waals surface area (Å²) in [4.78, 5) is 53.3. The summed E-state index contributed by atoms with van der Waals surface area (Å²) in [5, 5.41) is 26.3. The lowest BCUT2D eigenvalue weighted by Crippen LogP contribution is -2.50. The Kier molecular flexibility index (Phi) is 10.4. The van der Waals surface area contributed by atoms with E-state index in [1.165, 1.54) is 37.6 Å². The van der Waals surface area contributed by atoms with E-state index < -0.39 is 42.8 Å². The Balaban J connectivity index is 1.59. The lowest BCUT2D eigenvalue weighted by Gasteiger charge is -2.17. The van der Waals surface area contributed by atoms with Gasteiger partial charge in [0, 0.05) is 35.6 Å². The Labute approximate surface area is 243 Å². The van der Waals surface area contributed by atoms with Crippen LogP contribution in [0.4, 0.5) is 5.69 Å². The molecule has 15 heteroatoms. The van der Waals surface area contributed by atoms with E-state index in [-0.39, 0.29) is 27.1 Å². The van der Waals surface area contributed by atoms with Gasteiger partial charge in [-0.3, -0.25) is 19.8 Å². The standard InChI is InChI=1S/C26H25Cl2N7O6/c1-41-21-6-5-14(10-32-21)15-8-17(27)22(18(28)9-15)24(38)35-19(25(39)40)11-31-20(36)12-33-23(37)13-3-2-4-16(7-13)34-26(29)30/h2-10,19H,11-12H2,1H3,(H,31,36)(H,33,37)(H,35,38)(H,39,40)(H4,29,30,34)/t19-/m0/s1. The van der Waals surface area contributed by atoms with Crippen LogP contribution in [0.15, 0.2) is 54.7 Å². The van der Waals surface area contributed by atoms with E-state index in [0.717, 1.165) is 0 Å². The molecule has 13 nitrogen and oxygen atoms in total. The number of rotatable bonds is 11. The average molecular weight is 602 g/mol. The van der Waals surface area contributed by atoms with Crippen LogP contribution >= 0.6 is 23.2 Å². The number of carbonyl (C=O) groups excluding carboxylic acids is 3. The molecule has 0 bridgehead atoms. The quantitative estimate of drug-likeness (QED) is 0.126. The van der Waals surface area contributed by atoms with E-state index in [2.05, 4.69) is 26.3 Å². The van der Waals surface area contributed by atoms with Gasteiger partial charge in [-0.05, 0) is 42.0 Å². The second-order valence-electron chi connectivity index (χ2n) is 8.37. The second kappa shape index (κ2) is 14.0. The van der Waals surface area contributed by atoms with Crippen molar-refractivity contribution in [3.8, 4) is 17.0 Å². The van der Waals surface area contributed by atoms with E-state index in [1.54, 1.807) is 24.3 Å². The molecule has 0 spiro atoms. The zero-order valence-corrected chi connectivity index (χ0v) is 23.0. The van der Waals surface area contributed by atoms with Crippen molar-refractivity contribution in [1.29, 1.82) is 5.41 Å². The predicted octanol–water partition coefficient (Wildman–Crippen LogP) is 2.10. The minimum Gasteiger partial charge on any atom is -0.481 e. The summed E-state index contributed by atoms with van der Waals surface area (Å²) in [6.07, 6.45) is 1.54. The molecule has 2 aromatic carbocycles. The van der Waals surface area contributed by atoms with Crippen molar-refractivity contribution in [2.75, 3.05) is 25.5 Å². The van der Waals surface area contributed by atoms with E-state index in [4.69, 9.17) is 39.1 Å². The molecule has 0 aliphatic heterocycles. The van der Waals surface area contributed by atoms with E-state index in [1.807, 2.05) is 0 Å². The number of hydrogen-bond acceptors (Lipinski definition) is 7. The summed E-state index contributed by atoms with van der Waals surface area (Å²) in [5.41, 5.74) is 6.95. The number of nitrogens with two attached hydrogens (primary N) is 1. The molecule has 214 valence electrons. The highest BCUT2D eigenvalue weighted by molar-refractivity contribution is 6.40.